The number of aryl methyl sites for hydroxylation is 1. The van der Waals surface area contributed by atoms with E-state index in [4.69, 9.17) is 0 Å². The van der Waals surface area contributed by atoms with Gasteiger partial charge in [-0.05, 0) is 19.1 Å². The Kier molecular flexibility index (Phi) is 1.50. The molecule has 0 radical (unpaired) electrons. The molecule has 62 valence electrons. The van der Waals surface area contributed by atoms with E-state index in [2.05, 4.69) is 5.32 Å². The predicted octanol–water partition coefficient (Wildman–Crippen LogP) is 0.897. The lowest BCUT2D eigenvalue weighted by Crippen LogP contribution is -2.18. The highest BCUT2D eigenvalue weighted by atomic mass is 16.1. The minimum Gasteiger partial charge on any atom is -0.347 e. The number of fused-ring (bicyclic) bond motifs is 1. The Balaban J connectivity index is 2.48. The Morgan fingerprint density at radius 2 is 2.33 bits per heavy atom. The van der Waals surface area contributed by atoms with Crippen molar-refractivity contribution in [2.75, 3.05) is 0 Å². The highest BCUT2D eigenvalue weighted by Crippen LogP contribution is 2.10. The molecule has 1 N–H and O–H groups in total. The van der Waals surface area contributed by atoms with Crippen molar-refractivity contribution in [3.63, 3.8) is 0 Å². The topological polar surface area (TPSA) is 34.0 Å². The van der Waals surface area contributed by atoms with Gasteiger partial charge in [0, 0.05) is 23.7 Å². The first-order valence-corrected chi connectivity index (χ1v) is 3.90. The van der Waals surface area contributed by atoms with Gasteiger partial charge in [-0.15, -0.1) is 0 Å². The molecule has 2 rings (SSSR count). The van der Waals surface area contributed by atoms with Gasteiger partial charge in [0.25, 0.3) is 0 Å². The second-order valence-electron chi connectivity index (χ2n) is 2.87. The van der Waals surface area contributed by atoms with E-state index in [1.807, 2.05) is 23.6 Å². The Bertz CT molecular complexity index is 349. The number of carbonyl (C=O) groups excluding carboxylic acids is 1. The summed E-state index contributed by atoms with van der Waals surface area (Å²) in [6.45, 7) is 2.63. The summed E-state index contributed by atoms with van der Waals surface area (Å²) in [6.07, 6.45) is 3.34. The normalized spacial score (nSPS) is 15.2. The van der Waals surface area contributed by atoms with Crippen LogP contribution in [0.3, 0.4) is 0 Å². The third-order valence-electron chi connectivity index (χ3n) is 2.03. The van der Waals surface area contributed by atoms with Gasteiger partial charge in [0.2, 0.25) is 5.91 Å². The summed E-state index contributed by atoms with van der Waals surface area (Å²) in [4.78, 5) is 10.9. The fraction of sp³-hybridized carbons (Fsp3) is 0.222. The molecule has 3 nitrogen and oxygen atoms in total. The minimum atomic E-state index is -0.0295. The van der Waals surface area contributed by atoms with Crippen LogP contribution in [-0.2, 0) is 11.3 Å². The molecule has 0 saturated carbocycles. The summed E-state index contributed by atoms with van der Waals surface area (Å²) in [5.41, 5.74) is 2.27. The van der Waals surface area contributed by atoms with E-state index in [9.17, 15) is 4.79 Å². The van der Waals surface area contributed by atoms with Gasteiger partial charge in [-0.3, -0.25) is 4.79 Å². The first-order chi connectivity index (χ1) is 5.77. The van der Waals surface area contributed by atoms with Crippen molar-refractivity contribution in [1.82, 2.24) is 9.88 Å². The van der Waals surface area contributed by atoms with Gasteiger partial charge < -0.3 is 9.88 Å². The molecule has 0 bridgehead atoms. The molecular formula is C9H10N2O. The van der Waals surface area contributed by atoms with E-state index in [-0.39, 0.29) is 5.91 Å². The second kappa shape index (κ2) is 2.52. The maximum atomic E-state index is 10.9. The third-order valence-corrected chi connectivity index (χ3v) is 2.03. The molecule has 1 aliphatic heterocycles. The van der Waals surface area contributed by atoms with Crippen LogP contribution in [0.25, 0.3) is 6.20 Å². The van der Waals surface area contributed by atoms with Gasteiger partial charge in [0.1, 0.15) is 0 Å². The van der Waals surface area contributed by atoms with E-state index in [0.717, 1.165) is 11.4 Å². The molecule has 1 amide bonds. The van der Waals surface area contributed by atoms with E-state index < -0.39 is 0 Å². The van der Waals surface area contributed by atoms with Crippen molar-refractivity contribution in [2.24, 2.45) is 0 Å². The van der Waals surface area contributed by atoms with Crippen molar-refractivity contribution >= 4 is 12.1 Å². The van der Waals surface area contributed by atoms with Crippen molar-refractivity contribution in [3.05, 3.63) is 29.6 Å². The quantitative estimate of drug-likeness (QED) is 0.604. The van der Waals surface area contributed by atoms with Gasteiger partial charge in [0.05, 0.1) is 6.54 Å². The second-order valence-corrected chi connectivity index (χ2v) is 2.87. The predicted molar refractivity (Wildman–Crippen MR) is 46.3 cm³/mol. The average molecular weight is 162 g/mol. The van der Waals surface area contributed by atoms with Crippen LogP contribution in [0.2, 0.25) is 0 Å². The number of nitrogens with zero attached hydrogens (tertiary/aromatic N) is 1. The number of aromatic nitrogens is 1. The standard InChI is InChI=1S/C9H10N2O/c1-7-2-3-8-6-10-9(12)4-5-11(7)8/h2-5H,6H2,1H3,(H,10,12). The molecule has 1 aromatic heterocycles. The van der Waals surface area contributed by atoms with E-state index in [0.29, 0.717) is 6.54 Å². The van der Waals surface area contributed by atoms with Crippen LogP contribution < -0.4 is 5.32 Å². The summed E-state index contributed by atoms with van der Waals surface area (Å²) in [5, 5.41) is 2.77. The lowest BCUT2D eigenvalue weighted by atomic mass is 10.4. The largest absolute Gasteiger partial charge is 0.347 e. The highest BCUT2D eigenvalue weighted by molar-refractivity contribution is 5.90. The van der Waals surface area contributed by atoms with Crippen LogP contribution >= 0.6 is 0 Å². The molecule has 2 heterocycles. The average Bonchev–Trinajstić information content (AvgIpc) is 2.28. The minimum absolute atomic E-state index is 0.0295. The summed E-state index contributed by atoms with van der Waals surface area (Å²) in [6, 6.07) is 4.06. The lowest BCUT2D eigenvalue weighted by Gasteiger charge is -2.01. The zero-order valence-electron chi connectivity index (χ0n) is 6.87. The third kappa shape index (κ3) is 1.03. The lowest BCUT2D eigenvalue weighted by molar-refractivity contribution is -0.116. The van der Waals surface area contributed by atoms with Crippen molar-refractivity contribution in [2.45, 2.75) is 13.5 Å². The van der Waals surface area contributed by atoms with E-state index in [1.165, 1.54) is 0 Å². The molecule has 1 aliphatic rings. The molecule has 0 saturated heterocycles. The first-order valence-electron chi connectivity index (χ1n) is 3.90. The van der Waals surface area contributed by atoms with Gasteiger partial charge in [0.15, 0.2) is 0 Å². The zero-order valence-corrected chi connectivity index (χ0v) is 6.87. The summed E-state index contributed by atoms with van der Waals surface area (Å²) >= 11 is 0. The number of hydrogen-bond donors (Lipinski definition) is 1. The fourth-order valence-corrected chi connectivity index (χ4v) is 1.34. The molecule has 1 aromatic rings. The first kappa shape index (κ1) is 7.16. The van der Waals surface area contributed by atoms with Crippen LogP contribution in [0, 0.1) is 6.92 Å². The van der Waals surface area contributed by atoms with E-state index >= 15 is 0 Å². The van der Waals surface area contributed by atoms with Gasteiger partial charge in [-0.1, -0.05) is 0 Å². The number of amides is 1. The molecular weight excluding hydrogens is 152 g/mol. The highest BCUT2D eigenvalue weighted by Gasteiger charge is 2.07. The van der Waals surface area contributed by atoms with Crippen LogP contribution in [0.4, 0.5) is 0 Å². The number of hydrogen-bond acceptors (Lipinski definition) is 1. The maximum Gasteiger partial charge on any atom is 0.245 e. The van der Waals surface area contributed by atoms with Crippen LogP contribution in [-0.4, -0.2) is 10.5 Å². The number of carbonyl (C=O) groups is 1. The zero-order chi connectivity index (χ0) is 8.55. The maximum absolute atomic E-state index is 10.9. The molecule has 0 aliphatic carbocycles. The Hall–Kier alpha value is -1.51. The number of nitrogens with one attached hydrogen (secondary N) is 1. The van der Waals surface area contributed by atoms with Crippen LogP contribution in [0.5, 0.6) is 0 Å². The van der Waals surface area contributed by atoms with Crippen molar-refractivity contribution < 1.29 is 4.79 Å². The summed E-state index contributed by atoms with van der Waals surface area (Å²) in [5.74, 6) is -0.0295. The van der Waals surface area contributed by atoms with Gasteiger partial charge >= 0.3 is 0 Å². The molecule has 3 heteroatoms. The van der Waals surface area contributed by atoms with Gasteiger partial charge in [-0.2, -0.15) is 0 Å². The molecule has 0 spiro atoms. The van der Waals surface area contributed by atoms with E-state index in [1.54, 1.807) is 12.3 Å². The Morgan fingerprint density at radius 3 is 3.17 bits per heavy atom. The van der Waals surface area contributed by atoms with Gasteiger partial charge in [-0.25, -0.2) is 0 Å². The molecule has 0 atom stereocenters. The van der Waals surface area contributed by atoms with Crippen molar-refractivity contribution in [3.8, 4) is 0 Å². The molecule has 0 fully saturated rings. The summed E-state index contributed by atoms with van der Waals surface area (Å²) < 4.78 is 2.01. The summed E-state index contributed by atoms with van der Waals surface area (Å²) in [7, 11) is 0. The molecule has 12 heavy (non-hydrogen) atoms. The number of rotatable bonds is 0. The smallest absolute Gasteiger partial charge is 0.245 e. The monoisotopic (exact) mass is 162 g/mol. The van der Waals surface area contributed by atoms with Crippen LogP contribution in [0.1, 0.15) is 11.4 Å². The Morgan fingerprint density at radius 1 is 1.50 bits per heavy atom. The molecule has 0 aromatic carbocycles. The van der Waals surface area contributed by atoms with Crippen molar-refractivity contribution in [1.29, 1.82) is 0 Å². The Labute approximate surface area is 70.7 Å². The SMILES string of the molecule is Cc1ccc2n1C=CC(=O)NC2. The molecule has 0 unspecified atom stereocenters. The fourth-order valence-electron chi connectivity index (χ4n) is 1.34. The van der Waals surface area contributed by atoms with Crippen LogP contribution in [0.15, 0.2) is 18.2 Å².